The van der Waals surface area contributed by atoms with Gasteiger partial charge in [-0.25, -0.2) is 0 Å². The summed E-state index contributed by atoms with van der Waals surface area (Å²) < 4.78 is 7.70. The molecule has 1 N–H and O–H groups in total. The van der Waals surface area contributed by atoms with E-state index in [2.05, 4.69) is 20.3 Å². The van der Waals surface area contributed by atoms with Gasteiger partial charge in [-0.2, -0.15) is 5.10 Å². The quantitative estimate of drug-likeness (QED) is 0.352. The molecule has 0 aliphatic carbocycles. The van der Waals surface area contributed by atoms with E-state index in [1.54, 1.807) is 22.9 Å². The molecule has 0 spiro atoms. The van der Waals surface area contributed by atoms with Crippen LogP contribution in [0.25, 0.3) is 0 Å². The molecule has 1 aliphatic rings. The van der Waals surface area contributed by atoms with Gasteiger partial charge < -0.3 is 15.0 Å². The lowest BCUT2D eigenvalue weighted by Gasteiger charge is -2.34. The third-order valence-corrected chi connectivity index (χ3v) is 5.09. The smallest absolute Gasteiger partial charge is 0.193 e. The SMILES string of the molecule is CN=C(NCc1cnn(C)c1)N1CCC(COc2cc(Cl)cc(Cl)c2)CC1.I. The molecule has 28 heavy (non-hydrogen) atoms. The van der Waals surface area contributed by atoms with E-state index in [-0.39, 0.29) is 24.0 Å². The molecule has 6 nitrogen and oxygen atoms in total. The van der Waals surface area contributed by atoms with Gasteiger partial charge in [-0.05, 0) is 37.0 Å². The normalized spacial score (nSPS) is 15.3. The molecular formula is C19H26Cl2IN5O. The molecule has 1 fully saturated rings. The van der Waals surface area contributed by atoms with E-state index in [0.29, 0.717) is 22.6 Å². The molecule has 1 saturated heterocycles. The van der Waals surface area contributed by atoms with Crippen molar-refractivity contribution in [2.24, 2.45) is 18.0 Å². The number of nitrogens with one attached hydrogen (secondary N) is 1. The topological polar surface area (TPSA) is 54.7 Å². The summed E-state index contributed by atoms with van der Waals surface area (Å²) in [6.45, 7) is 3.30. The van der Waals surface area contributed by atoms with Gasteiger partial charge in [-0.1, -0.05) is 23.2 Å². The van der Waals surface area contributed by atoms with Crippen molar-refractivity contribution in [3.63, 3.8) is 0 Å². The number of rotatable bonds is 5. The van der Waals surface area contributed by atoms with Crippen LogP contribution in [-0.4, -0.2) is 47.4 Å². The zero-order chi connectivity index (χ0) is 19.2. The molecule has 0 amide bonds. The molecular weight excluding hydrogens is 512 g/mol. The number of likely N-dealkylation sites (tertiary alicyclic amines) is 1. The Labute approximate surface area is 193 Å². The molecule has 0 saturated carbocycles. The van der Waals surface area contributed by atoms with Crippen LogP contribution in [0.4, 0.5) is 0 Å². The van der Waals surface area contributed by atoms with Crippen LogP contribution in [0, 0.1) is 5.92 Å². The summed E-state index contributed by atoms with van der Waals surface area (Å²) in [7, 11) is 3.74. The van der Waals surface area contributed by atoms with Crippen molar-refractivity contribution >= 4 is 53.1 Å². The van der Waals surface area contributed by atoms with Crippen molar-refractivity contribution in [2.45, 2.75) is 19.4 Å². The van der Waals surface area contributed by atoms with E-state index in [9.17, 15) is 0 Å². The molecule has 0 bridgehead atoms. The van der Waals surface area contributed by atoms with Crippen LogP contribution in [0.5, 0.6) is 5.75 Å². The summed E-state index contributed by atoms with van der Waals surface area (Å²) >= 11 is 12.0. The van der Waals surface area contributed by atoms with Crippen LogP contribution < -0.4 is 10.1 Å². The van der Waals surface area contributed by atoms with Crippen molar-refractivity contribution < 1.29 is 4.74 Å². The summed E-state index contributed by atoms with van der Waals surface area (Å²) in [6.07, 6.45) is 5.99. The van der Waals surface area contributed by atoms with Crippen LogP contribution in [-0.2, 0) is 13.6 Å². The van der Waals surface area contributed by atoms with Gasteiger partial charge in [0.25, 0.3) is 0 Å². The van der Waals surface area contributed by atoms with Crippen molar-refractivity contribution in [1.82, 2.24) is 20.0 Å². The van der Waals surface area contributed by atoms with E-state index in [1.165, 1.54) is 0 Å². The average Bonchev–Trinajstić information content (AvgIpc) is 3.06. The van der Waals surface area contributed by atoms with Crippen molar-refractivity contribution in [3.8, 4) is 5.75 Å². The fourth-order valence-electron chi connectivity index (χ4n) is 3.21. The minimum absolute atomic E-state index is 0. The second-order valence-electron chi connectivity index (χ2n) is 6.77. The fraction of sp³-hybridized carbons (Fsp3) is 0.474. The number of hydrogen-bond acceptors (Lipinski definition) is 3. The largest absolute Gasteiger partial charge is 0.493 e. The summed E-state index contributed by atoms with van der Waals surface area (Å²) in [5, 5.41) is 8.79. The predicted octanol–water partition coefficient (Wildman–Crippen LogP) is 4.21. The highest BCUT2D eigenvalue weighted by Crippen LogP contribution is 2.26. The zero-order valence-electron chi connectivity index (χ0n) is 16.1. The van der Waals surface area contributed by atoms with Gasteiger partial charge in [0.2, 0.25) is 0 Å². The molecule has 154 valence electrons. The van der Waals surface area contributed by atoms with Crippen molar-refractivity contribution in [3.05, 3.63) is 46.2 Å². The first-order valence-electron chi connectivity index (χ1n) is 9.05. The lowest BCUT2D eigenvalue weighted by atomic mass is 9.98. The molecule has 2 heterocycles. The molecule has 3 rings (SSSR count). The molecule has 1 aromatic heterocycles. The summed E-state index contributed by atoms with van der Waals surface area (Å²) in [6, 6.07) is 5.30. The minimum atomic E-state index is 0. The Morgan fingerprint density at radius 2 is 1.93 bits per heavy atom. The molecule has 1 aliphatic heterocycles. The first-order valence-corrected chi connectivity index (χ1v) is 9.81. The van der Waals surface area contributed by atoms with Crippen molar-refractivity contribution in [2.75, 3.05) is 26.7 Å². The number of aliphatic imine (C=N–C) groups is 1. The maximum Gasteiger partial charge on any atom is 0.193 e. The molecule has 0 radical (unpaired) electrons. The Kier molecular flexibility index (Phi) is 9.17. The highest BCUT2D eigenvalue weighted by molar-refractivity contribution is 14.0. The van der Waals surface area contributed by atoms with Crippen LogP contribution in [0.3, 0.4) is 0 Å². The fourth-order valence-corrected chi connectivity index (χ4v) is 3.72. The molecule has 0 atom stereocenters. The summed E-state index contributed by atoms with van der Waals surface area (Å²) in [5.41, 5.74) is 1.14. The van der Waals surface area contributed by atoms with E-state index < -0.39 is 0 Å². The molecule has 2 aromatic rings. The highest BCUT2D eigenvalue weighted by atomic mass is 127. The number of hydrogen-bond donors (Lipinski definition) is 1. The highest BCUT2D eigenvalue weighted by Gasteiger charge is 2.22. The first kappa shape index (κ1) is 23.1. The number of aromatic nitrogens is 2. The zero-order valence-corrected chi connectivity index (χ0v) is 19.9. The molecule has 9 heteroatoms. The van der Waals surface area contributed by atoms with Crippen LogP contribution in [0.1, 0.15) is 18.4 Å². The van der Waals surface area contributed by atoms with E-state index >= 15 is 0 Å². The Morgan fingerprint density at radius 1 is 1.25 bits per heavy atom. The number of piperidine rings is 1. The third kappa shape index (κ3) is 6.70. The number of nitrogens with zero attached hydrogens (tertiary/aromatic N) is 4. The van der Waals surface area contributed by atoms with Gasteiger partial charge in [-0.15, -0.1) is 24.0 Å². The maximum absolute atomic E-state index is 6.02. The minimum Gasteiger partial charge on any atom is -0.493 e. The monoisotopic (exact) mass is 537 g/mol. The predicted molar refractivity (Wildman–Crippen MR) is 125 cm³/mol. The lowest BCUT2D eigenvalue weighted by Crippen LogP contribution is -2.46. The van der Waals surface area contributed by atoms with Crippen LogP contribution >= 0.6 is 47.2 Å². The van der Waals surface area contributed by atoms with Crippen molar-refractivity contribution in [1.29, 1.82) is 0 Å². The molecule has 0 unspecified atom stereocenters. The third-order valence-electron chi connectivity index (χ3n) is 4.66. The Hall–Kier alpha value is -1.19. The Morgan fingerprint density at radius 3 is 2.50 bits per heavy atom. The van der Waals surface area contributed by atoms with Crippen LogP contribution in [0.15, 0.2) is 35.6 Å². The van der Waals surface area contributed by atoms with E-state index in [4.69, 9.17) is 27.9 Å². The second-order valence-corrected chi connectivity index (χ2v) is 7.64. The number of aryl methyl sites for hydroxylation is 1. The Bertz CT molecular complexity index is 770. The van der Waals surface area contributed by atoms with Gasteiger partial charge in [-0.3, -0.25) is 9.67 Å². The maximum atomic E-state index is 6.02. The van der Waals surface area contributed by atoms with Crippen LogP contribution in [0.2, 0.25) is 10.0 Å². The van der Waals surface area contributed by atoms with Gasteiger partial charge in [0.15, 0.2) is 5.96 Å². The summed E-state index contributed by atoms with van der Waals surface area (Å²) in [5.74, 6) is 2.17. The Balaban J connectivity index is 0.00000280. The van der Waals surface area contributed by atoms with E-state index in [0.717, 1.165) is 49.7 Å². The van der Waals surface area contributed by atoms with Gasteiger partial charge >= 0.3 is 0 Å². The van der Waals surface area contributed by atoms with E-state index in [1.807, 2.05) is 26.5 Å². The first-order chi connectivity index (χ1) is 13.0. The number of benzene rings is 1. The number of ether oxygens (including phenoxy) is 1. The lowest BCUT2D eigenvalue weighted by molar-refractivity contribution is 0.179. The second kappa shape index (κ2) is 11.1. The van der Waals surface area contributed by atoms with Gasteiger partial charge in [0.05, 0.1) is 12.8 Å². The molecule has 1 aromatic carbocycles. The standard InChI is InChI=1S/C19H25Cl2N5O.HI/c1-22-19(23-10-15-11-24-25(2)12-15)26-5-3-14(4-6-26)13-27-18-8-16(20)7-17(21)9-18;/h7-9,11-12,14H,3-6,10,13H2,1-2H3,(H,22,23);1H. The summed E-state index contributed by atoms with van der Waals surface area (Å²) in [4.78, 5) is 6.71. The number of halogens is 3. The average molecular weight is 538 g/mol. The van der Waals surface area contributed by atoms with Gasteiger partial charge in [0, 0.05) is 55.5 Å². The van der Waals surface area contributed by atoms with Gasteiger partial charge in [0.1, 0.15) is 5.75 Å². The number of guanidine groups is 1.